The molecule has 0 aliphatic carbocycles. The molecule has 11 heteroatoms. The van der Waals surface area contributed by atoms with Gasteiger partial charge in [-0.25, -0.2) is 13.4 Å². The number of halogens is 3. The Balaban J connectivity index is 1.76. The van der Waals surface area contributed by atoms with E-state index in [9.17, 15) is 21.6 Å². The summed E-state index contributed by atoms with van der Waals surface area (Å²) in [5.74, 6) is -0.448. The Morgan fingerprint density at radius 2 is 2.15 bits per heavy atom. The third-order valence-electron chi connectivity index (χ3n) is 3.76. The number of anilines is 2. The second-order valence-corrected chi connectivity index (χ2v) is 7.66. The number of hydrogen-bond acceptors (Lipinski definition) is 5. The Bertz CT molecular complexity index is 854. The predicted molar refractivity (Wildman–Crippen MR) is 89.7 cm³/mol. The van der Waals surface area contributed by atoms with Gasteiger partial charge in [-0.1, -0.05) is 0 Å². The van der Waals surface area contributed by atoms with Gasteiger partial charge in [-0.2, -0.15) is 13.2 Å². The second-order valence-electron chi connectivity index (χ2n) is 5.82. The van der Waals surface area contributed by atoms with Crippen LogP contribution in [-0.4, -0.2) is 43.5 Å². The highest BCUT2D eigenvalue weighted by atomic mass is 32.2. The number of aromatic amines is 1. The van der Waals surface area contributed by atoms with Crippen molar-refractivity contribution in [2.75, 3.05) is 28.5 Å². The molecule has 142 valence electrons. The summed E-state index contributed by atoms with van der Waals surface area (Å²) >= 11 is 0. The van der Waals surface area contributed by atoms with Crippen LogP contribution in [0.25, 0.3) is 0 Å². The Kier molecular flexibility index (Phi) is 4.99. The highest BCUT2D eigenvalue weighted by Gasteiger charge is 2.30. The van der Waals surface area contributed by atoms with Crippen molar-refractivity contribution in [3.8, 4) is 5.75 Å². The average Bonchev–Trinajstić information content (AvgIpc) is 3.06. The molecule has 0 unspecified atom stereocenters. The Hall–Kier alpha value is -2.43. The molecule has 2 N–H and O–H groups in total. The molecule has 0 saturated heterocycles. The molecule has 0 radical (unpaired) electrons. The van der Waals surface area contributed by atoms with Crippen LogP contribution in [-0.2, 0) is 16.6 Å². The lowest BCUT2D eigenvalue weighted by molar-refractivity contribution is -0.129. The first kappa shape index (κ1) is 18.4. The number of nitrogens with zero attached hydrogens (tertiary/aromatic N) is 2. The molecule has 1 aliphatic rings. The van der Waals surface area contributed by atoms with Gasteiger partial charge in [0.2, 0.25) is 10.0 Å². The van der Waals surface area contributed by atoms with Crippen LogP contribution in [0, 0.1) is 0 Å². The van der Waals surface area contributed by atoms with Crippen LogP contribution < -0.4 is 14.4 Å². The first-order chi connectivity index (χ1) is 12.2. The minimum Gasteiger partial charge on any atom is -0.490 e. The Morgan fingerprint density at radius 3 is 2.85 bits per heavy atom. The minimum absolute atomic E-state index is 0.186. The topological polar surface area (TPSA) is 87.3 Å². The molecule has 0 atom stereocenters. The number of imidazole rings is 1. The summed E-state index contributed by atoms with van der Waals surface area (Å²) in [4.78, 5) is 8.91. The van der Waals surface area contributed by atoms with E-state index < -0.39 is 28.4 Å². The molecule has 0 fully saturated rings. The van der Waals surface area contributed by atoms with E-state index in [-0.39, 0.29) is 5.69 Å². The van der Waals surface area contributed by atoms with Crippen molar-refractivity contribution in [2.24, 2.45) is 0 Å². The van der Waals surface area contributed by atoms with Gasteiger partial charge in [0.1, 0.15) is 12.4 Å². The molecule has 7 nitrogen and oxygen atoms in total. The van der Waals surface area contributed by atoms with Crippen molar-refractivity contribution in [3.05, 3.63) is 36.4 Å². The van der Waals surface area contributed by atoms with Crippen molar-refractivity contribution in [1.29, 1.82) is 0 Å². The minimum atomic E-state index is -4.53. The van der Waals surface area contributed by atoms with Crippen molar-refractivity contribution < 1.29 is 26.3 Å². The average molecular weight is 390 g/mol. The standard InChI is InChI=1S/C15H17F3N4O3S/c16-15(17,18)3-6-26(23,24)21-11-1-2-14-13(7-11)22(4-5-25-14)9-12-8-19-10-20-12/h1-2,7-8,10,21H,3-6,9H2,(H,19,20). The quantitative estimate of drug-likeness (QED) is 0.791. The molecular formula is C15H17F3N4O3S. The zero-order chi connectivity index (χ0) is 18.8. The fourth-order valence-electron chi connectivity index (χ4n) is 2.56. The summed E-state index contributed by atoms with van der Waals surface area (Å²) in [5.41, 5.74) is 1.71. The van der Waals surface area contributed by atoms with Crippen LogP contribution in [0.15, 0.2) is 30.7 Å². The summed E-state index contributed by atoms with van der Waals surface area (Å²) in [6, 6.07) is 4.61. The molecular weight excluding hydrogens is 373 g/mol. The van der Waals surface area contributed by atoms with E-state index in [0.717, 1.165) is 5.69 Å². The lowest BCUT2D eigenvalue weighted by Crippen LogP contribution is -2.32. The molecule has 2 heterocycles. The summed E-state index contributed by atoms with van der Waals surface area (Å²) in [6.45, 7) is 1.56. The highest BCUT2D eigenvalue weighted by molar-refractivity contribution is 7.92. The molecule has 1 aromatic heterocycles. The fourth-order valence-corrected chi connectivity index (χ4v) is 3.65. The number of nitrogens with one attached hydrogen (secondary N) is 2. The molecule has 1 aliphatic heterocycles. The van der Waals surface area contributed by atoms with Crippen LogP contribution >= 0.6 is 0 Å². The van der Waals surface area contributed by atoms with E-state index >= 15 is 0 Å². The zero-order valence-corrected chi connectivity index (χ0v) is 14.4. The van der Waals surface area contributed by atoms with E-state index in [1.165, 1.54) is 6.07 Å². The first-order valence-corrected chi connectivity index (χ1v) is 9.43. The van der Waals surface area contributed by atoms with Crippen molar-refractivity contribution >= 4 is 21.4 Å². The van der Waals surface area contributed by atoms with Gasteiger partial charge in [0.15, 0.2) is 0 Å². The Morgan fingerprint density at radius 1 is 1.35 bits per heavy atom. The van der Waals surface area contributed by atoms with Gasteiger partial charge >= 0.3 is 6.18 Å². The van der Waals surface area contributed by atoms with Crippen LogP contribution in [0.2, 0.25) is 0 Å². The maximum Gasteiger partial charge on any atom is 0.390 e. The Labute approximate surface area is 148 Å². The van der Waals surface area contributed by atoms with E-state index in [0.29, 0.717) is 31.1 Å². The lowest BCUT2D eigenvalue weighted by atomic mass is 10.2. The molecule has 26 heavy (non-hydrogen) atoms. The first-order valence-electron chi connectivity index (χ1n) is 7.78. The predicted octanol–water partition coefficient (Wildman–Crippen LogP) is 2.50. The van der Waals surface area contributed by atoms with Crippen molar-refractivity contribution in [3.63, 3.8) is 0 Å². The highest BCUT2D eigenvalue weighted by Crippen LogP contribution is 2.35. The van der Waals surface area contributed by atoms with Crippen LogP contribution in [0.3, 0.4) is 0 Å². The van der Waals surface area contributed by atoms with Gasteiger partial charge in [0.25, 0.3) is 0 Å². The van der Waals surface area contributed by atoms with Gasteiger partial charge in [-0.15, -0.1) is 0 Å². The van der Waals surface area contributed by atoms with Crippen LogP contribution in [0.1, 0.15) is 12.1 Å². The number of ether oxygens (including phenoxy) is 1. The summed E-state index contributed by atoms with van der Waals surface area (Å²) in [7, 11) is -4.11. The van der Waals surface area contributed by atoms with Gasteiger partial charge in [-0.05, 0) is 18.2 Å². The second kappa shape index (κ2) is 7.06. The monoisotopic (exact) mass is 390 g/mol. The number of sulfonamides is 1. The maximum atomic E-state index is 12.3. The van der Waals surface area contributed by atoms with Crippen molar-refractivity contribution in [2.45, 2.75) is 19.1 Å². The van der Waals surface area contributed by atoms with Crippen LogP contribution in [0.4, 0.5) is 24.5 Å². The molecule has 0 saturated carbocycles. The lowest BCUT2D eigenvalue weighted by Gasteiger charge is -2.31. The smallest absolute Gasteiger partial charge is 0.390 e. The number of benzene rings is 1. The normalized spacial score (nSPS) is 14.7. The summed E-state index contributed by atoms with van der Waals surface area (Å²) in [5, 5.41) is 0. The third kappa shape index (κ3) is 4.81. The molecule has 2 aromatic rings. The van der Waals surface area contributed by atoms with Crippen molar-refractivity contribution in [1.82, 2.24) is 9.97 Å². The molecule has 0 bridgehead atoms. The SMILES string of the molecule is O=S(=O)(CCC(F)(F)F)Nc1ccc2c(c1)N(Cc1cnc[nH]1)CCO2. The van der Waals surface area contributed by atoms with E-state index in [4.69, 9.17) is 4.74 Å². The molecule has 3 rings (SSSR count). The molecule has 1 aromatic carbocycles. The number of alkyl halides is 3. The number of hydrogen-bond donors (Lipinski definition) is 2. The van der Waals surface area contributed by atoms with E-state index in [1.54, 1.807) is 24.7 Å². The zero-order valence-electron chi connectivity index (χ0n) is 13.6. The molecule has 0 amide bonds. The van der Waals surface area contributed by atoms with Gasteiger partial charge < -0.3 is 14.6 Å². The largest absolute Gasteiger partial charge is 0.490 e. The molecule has 0 spiro atoms. The van der Waals surface area contributed by atoms with Gasteiger partial charge in [0.05, 0.1) is 48.7 Å². The van der Waals surface area contributed by atoms with E-state index in [1.807, 2.05) is 4.90 Å². The summed E-state index contributed by atoms with van der Waals surface area (Å²) in [6.07, 6.45) is -2.69. The number of fused-ring (bicyclic) bond motifs is 1. The van der Waals surface area contributed by atoms with Crippen LogP contribution in [0.5, 0.6) is 5.75 Å². The maximum absolute atomic E-state index is 12.3. The number of H-pyrrole nitrogens is 1. The third-order valence-corrected chi connectivity index (χ3v) is 5.05. The number of aromatic nitrogens is 2. The van der Waals surface area contributed by atoms with Gasteiger partial charge in [0, 0.05) is 6.20 Å². The summed E-state index contributed by atoms with van der Waals surface area (Å²) < 4.78 is 68.3. The fraction of sp³-hybridized carbons (Fsp3) is 0.400. The number of rotatable bonds is 6. The van der Waals surface area contributed by atoms with E-state index in [2.05, 4.69) is 14.7 Å². The van der Waals surface area contributed by atoms with Gasteiger partial charge in [-0.3, -0.25) is 4.72 Å².